The highest BCUT2D eigenvalue weighted by molar-refractivity contribution is 7.89. The first-order valence-corrected chi connectivity index (χ1v) is 8.46. The van der Waals surface area contributed by atoms with E-state index < -0.39 is 10.0 Å². The summed E-state index contributed by atoms with van der Waals surface area (Å²) < 4.78 is 27.0. The van der Waals surface area contributed by atoms with Crippen LogP contribution in [0.3, 0.4) is 0 Å². The molecule has 6 heteroatoms. The quantitative estimate of drug-likeness (QED) is 0.930. The third-order valence-corrected chi connectivity index (χ3v) is 5.74. The Morgan fingerprint density at radius 3 is 2.84 bits per heavy atom. The summed E-state index contributed by atoms with van der Waals surface area (Å²) in [6, 6.07) is 1.49. The van der Waals surface area contributed by atoms with Gasteiger partial charge in [0, 0.05) is 18.9 Å². The van der Waals surface area contributed by atoms with Gasteiger partial charge in [-0.25, -0.2) is 13.1 Å². The molecule has 1 aliphatic rings. The van der Waals surface area contributed by atoms with Crippen LogP contribution in [0.2, 0.25) is 5.02 Å². The molecule has 1 N–H and O–H groups in total. The number of nitrogens with one attached hydrogen (secondary N) is 1. The average Bonchev–Trinajstić information content (AvgIpc) is 2.38. The van der Waals surface area contributed by atoms with Crippen LogP contribution in [-0.4, -0.2) is 19.9 Å². The van der Waals surface area contributed by atoms with Gasteiger partial charge in [-0.15, -0.1) is 0 Å². The lowest BCUT2D eigenvalue weighted by Gasteiger charge is -2.28. The Morgan fingerprint density at radius 2 is 2.16 bits per heavy atom. The summed E-state index contributed by atoms with van der Waals surface area (Å²) in [5.41, 5.74) is 0. The van der Waals surface area contributed by atoms with Crippen LogP contribution in [0.1, 0.15) is 32.6 Å². The van der Waals surface area contributed by atoms with Crippen molar-refractivity contribution in [3.8, 4) is 0 Å². The second-order valence-electron chi connectivity index (χ2n) is 5.18. The Hall–Kier alpha value is -0.650. The fourth-order valence-corrected chi connectivity index (χ4v) is 4.07. The molecule has 1 fully saturated rings. The van der Waals surface area contributed by atoms with Crippen molar-refractivity contribution in [3.05, 3.63) is 23.5 Å². The van der Waals surface area contributed by atoms with Gasteiger partial charge in [-0.05, 0) is 24.3 Å². The highest BCUT2D eigenvalue weighted by atomic mass is 35.5. The van der Waals surface area contributed by atoms with E-state index in [4.69, 9.17) is 11.6 Å². The van der Waals surface area contributed by atoms with Crippen LogP contribution in [0, 0.1) is 11.8 Å². The smallest absolute Gasteiger partial charge is 0.243 e. The summed E-state index contributed by atoms with van der Waals surface area (Å²) in [6.07, 6.45) is 7.47. The molecular weight excluding hydrogens is 284 g/mol. The standard InChI is InChI=1S/C13H19ClN2O2S/c1-10-4-2-3-5-11(10)8-16-19(17,18)13-9-15-7-6-12(13)14/h6-7,9-11,16H,2-5,8H2,1H3. The minimum Gasteiger partial charge on any atom is -0.263 e. The maximum absolute atomic E-state index is 12.2. The van der Waals surface area contributed by atoms with E-state index >= 15 is 0 Å². The van der Waals surface area contributed by atoms with Gasteiger partial charge in [0.1, 0.15) is 4.90 Å². The van der Waals surface area contributed by atoms with E-state index in [9.17, 15) is 8.42 Å². The molecule has 19 heavy (non-hydrogen) atoms. The van der Waals surface area contributed by atoms with Crippen molar-refractivity contribution in [1.29, 1.82) is 0 Å². The molecule has 2 rings (SSSR count). The number of hydrogen-bond donors (Lipinski definition) is 1. The topological polar surface area (TPSA) is 59.1 Å². The lowest BCUT2D eigenvalue weighted by molar-refractivity contribution is 0.257. The number of nitrogens with zero attached hydrogens (tertiary/aromatic N) is 1. The van der Waals surface area contributed by atoms with Crippen LogP contribution in [0.15, 0.2) is 23.4 Å². The summed E-state index contributed by atoms with van der Waals surface area (Å²) in [6.45, 7) is 2.67. The van der Waals surface area contributed by atoms with Gasteiger partial charge in [-0.3, -0.25) is 4.98 Å². The van der Waals surface area contributed by atoms with Gasteiger partial charge >= 0.3 is 0 Å². The number of halogens is 1. The summed E-state index contributed by atoms with van der Waals surface area (Å²) >= 11 is 5.90. The molecule has 106 valence electrons. The van der Waals surface area contributed by atoms with Gasteiger partial charge < -0.3 is 0 Å². The van der Waals surface area contributed by atoms with Crippen molar-refractivity contribution in [2.45, 2.75) is 37.5 Å². The first kappa shape index (κ1) is 14.8. The highest BCUT2D eigenvalue weighted by Crippen LogP contribution is 2.29. The Labute approximate surface area is 119 Å². The third-order valence-electron chi connectivity index (χ3n) is 3.85. The number of sulfonamides is 1. The van der Waals surface area contributed by atoms with Gasteiger partial charge in [-0.2, -0.15) is 0 Å². The summed E-state index contributed by atoms with van der Waals surface area (Å²) in [5.74, 6) is 0.986. The molecule has 1 aliphatic carbocycles. The molecule has 2 unspecified atom stereocenters. The van der Waals surface area contributed by atoms with Crippen LogP contribution >= 0.6 is 11.6 Å². The normalized spacial score (nSPS) is 24.3. The molecule has 0 amide bonds. The largest absolute Gasteiger partial charge is 0.263 e. The van der Waals surface area contributed by atoms with Gasteiger partial charge in [0.2, 0.25) is 10.0 Å². The van der Waals surface area contributed by atoms with Crippen molar-refractivity contribution in [2.75, 3.05) is 6.54 Å². The number of pyridine rings is 1. The SMILES string of the molecule is CC1CCCCC1CNS(=O)(=O)c1cnccc1Cl. The first-order chi connectivity index (χ1) is 9.00. The van der Waals surface area contributed by atoms with E-state index in [1.807, 2.05) is 0 Å². The number of rotatable bonds is 4. The molecule has 0 spiro atoms. The Morgan fingerprint density at radius 1 is 1.42 bits per heavy atom. The molecule has 0 saturated heterocycles. The zero-order chi connectivity index (χ0) is 13.9. The fourth-order valence-electron chi connectivity index (χ4n) is 2.55. The molecular formula is C13H19ClN2O2S. The Balaban J connectivity index is 2.04. The predicted molar refractivity (Wildman–Crippen MR) is 75.6 cm³/mol. The van der Waals surface area contributed by atoms with Crippen molar-refractivity contribution in [1.82, 2.24) is 9.71 Å². The fraction of sp³-hybridized carbons (Fsp3) is 0.615. The van der Waals surface area contributed by atoms with Crippen molar-refractivity contribution in [2.24, 2.45) is 11.8 Å². The van der Waals surface area contributed by atoms with Crippen LogP contribution in [0.4, 0.5) is 0 Å². The van der Waals surface area contributed by atoms with E-state index in [-0.39, 0.29) is 9.92 Å². The Kier molecular flexibility index (Phi) is 4.81. The number of hydrogen-bond acceptors (Lipinski definition) is 3. The molecule has 4 nitrogen and oxygen atoms in total. The molecule has 0 aliphatic heterocycles. The van der Waals surface area contributed by atoms with Gasteiger partial charge in [-0.1, -0.05) is 37.8 Å². The lowest BCUT2D eigenvalue weighted by atomic mass is 9.81. The Bertz CT molecular complexity index is 533. The minimum absolute atomic E-state index is 0.0557. The van der Waals surface area contributed by atoms with E-state index in [2.05, 4.69) is 16.6 Å². The van der Waals surface area contributed by atoms with Crippen LogP contribution in [0.5, 0.6) is 0 Å². The second-order valence-corrected chi connectivity index (χ2v) is 7.32. The molecule has 1 heterocycles. The van der Waals surface area contributed by atoms with Crippen molar-refractivity contribution < 1.29 is 8.42 Å². The number of aromatic nitrogens is 1. The van der Waals surface area contributed by atoms with E-state index in [1.54, 1.807) is 0 Å². The molecule has 1 aromatic rings. The van der Waals surface area contributed by atoms with Gasteiger partial charge in [0.15, 0.2) is 0 Å². The zero-order valence-electron chi connectivity index (χ0n) is 11.0. The molecule has 0 aromatic carbocycles. The second kappa shape index (κ2) is 6.20. The monoisotopic (exact) mass is 302 g/mol. The van der Waals surface area contributed by atoms with Crippen LogP contribution in [-0.2, 0) is 10.0 Å². The van der Waals surface area contributed by atoms with E-state index in [1.165, 1.54) is 37.7 Å². The molecule has 0 radical (unpaired) electrons. The molecule has 2 atom stereocenters. The maximum atomic E-state index is 12.2. The summed E-state index contributed by atoms with van der Waals surface area (Å²) in [4.78, 5) is 3.87. The minimum atomic E-state index is -3.56. The zero-order valence-corrected chi connectivity index (χ0v) is 12.5. The van der Waals surface area contributed by atoms with Crippen LogP contribution in [0.25, 0.3) is 0 Å². The average molecular weight is 303 g/mol. The maximum Gasteiger partial charge on any atom is 0.243 e. The van der Waals surface area contributed by atoms with Crippen molar-refractivity contribution >= 4 is 21.6 Å². The summed E-state index contributed by atoms with van der Waals surface area (Å²) in [7, 11) is -3.56. The lowest BCUT2D eigenvalue weighted by Crippen LogP contribution is -2.33. The third kappa shape index (κ3) is 3.68. The summed E-state index contributed by atoms with van der Waals surface area (Å²) in [5, 5.41) is 0.208. The van der Waals surface area contributed by atoms with E-state index in [0.29, 0.717) is 18.4 Å². The first-order valence-electron chi connectivity index (χ1n) is 6.60. The van der Waals surface area contributed by atoms with Crippen LogP contribution < -0.4 is 4.72 Å². The molecule has 0 bridgehead atoms. The molecule has 1 saturated carbocycles. The van der Waals surface area contributed by atoms with Gasteiger partial charge in [0.25, 0.3) is 0 Å². The highest BCUT2D eigenvalue weighted by Gasteiger charge is 2.24. The molecule has 1 aromatic heterocycles. The predicted octanol–water partition coefficient (Wildman–Crippen LogP) is 2.84. The van der Waals surface area contributed by atoms with Gasteiger partial charge in [0.05, 0.1) is 5.02 Å². The van der Waals surface area contributed by atoms with Crippen molar-refractivity contribution in [3.63, 3.8) is 0 Å². The van der Waals surface area contributed by atoms with E-state index in [0.717, 1.165) is 6.42 Å².